The van der Waals surface area contributed by atoms with Gasteiger partial charge in [-0.15, -0.1) is 0 Å². The molecular formula is C20H35NO2. The molecule has 1 N–H and O–H groups in total. The van der Waals surface area contributed by atoms with Crippen LogP contribution in [-0.4, -0.2) is 18.8 Å². The number of furan rings is 1. The molecule has 0 aliphatic carbocycles. The van der Waals surface area contributed by atoms with E-state index >= 15 is 0 Å². The van der Waals surface area contributed by atoms with Crippen molar-refractivity contribution in [3.8, 4) is 0 Å². The Morgan fingerprint density at radius 1 is 1.30 bits per heavy atom. The third-order valence-electron chi connectivity index (χ3n) is 5.54. The molecule has 0 radical (unpaired) electrons. The van der Waals surface area contributed by atoms with Crippen molar-refractivity contribution in [3.05, 3.63) is 24.2 Å². The first-order valence-electron chi connectivity index (χ1n) is 9.34. The van der Waals surface area contributed by atoms with Crippen LogP contribution in [0.1, 0.15) is 72.0 Å². The van der Waals surface area contributed by atoms with Gasteiger partial charge in [0, 0.05) is 6.61 Å². The molecule has 2 atom stereocenters. The van der Waals surface area contributed by atoms with Crippen molar-refractivity contribution in [2.45, 2.75) is 78.4 Å². The molecular weight excluding hydrogens is 286 g/mol. The zero-order chi connectivity index (χ0) is 16.8. The lowest BCUT2D eigenvalue weighted by Crippen LogP contribution is -2.44. The first-order chi connectivity index (χ1) is 11.0. The molecule has 1 aliphatic rings. The number of rotatable bonds is 9. The van der Waals surface area contributed by atoms with Crippen molar-refractivity contribution in [1.82, 2.24) is 5.32 Å². The van der Waals surface area contributed by atoms with Crippen molar-refractivity contribution >= 4 is 0 Å². The average molecular weight is 322 g/mol. The summed E-state index contributed by atoms with van der Waals surface area (Å²) in [6.45, 7) is 12.0. The fraction of sp³-hybridized carbons (Fsp3) is 0.800. The summed E-state index contributed by atoms with van der Waals surface area (Å²) in [5.74, 6) is 1.80. The van der Waals surface area contributed by atoms with Crippen molar-refractivity contribution in [2.24, 2.45) is 11.3 Å². The van der Waals surface area contributed by atoms with Gasteiger partial charge in [-0.25, -0.2) is 0 Å². The number of nitrogens with one attached hydrogen (secondary N) is 1. The van der Waals surface area contributed by atoms with Crippen LogP contribution < -0.4 is 5.32 Å². The highest BCUT2D eigenvalue weighted by molar-refractivity contribution is 4.97. The average Bonchev–Trinajstić information content (AvgIpc) is 3.03. The van der Waals surface area contributed by atoms with Crippen LogP contribution in [0.3, 0.4) is 0 Å². The van der Waals surface area contributed by atoms with Crippen molar-refractivity contribution in [1.29, 1.82) is 0 Å². The number of hydrogen-bond donors (Lipinski definition) is 1. The van der Waals surface area contributed by atoms with E-state index in [1.165, 1.54) is 32.1 Å². The van der Waals surface area contributed by atoms with Gasteiger partial charge in [0.1, 0.15) is 5.76 Å². The summed E-state index contributed by atoms with van der Waals surface area (Å²) in [5, 5.41) is 3.56. The molecule has 3 heteroatoms. The Bertz CT molecular complexity index is 443. The molecule has 0 amide bonds. The fourth-order valence-corrected chi connectivity index (χ4v) is 3.80. The topological polar surface area (TPSA) is 34.4 Å². The second kappa shape index (κ2) is 8.34. The lowest BCUT2D eigenvalue weighted by Gasteiger charge is -2.47. The largest absolute Gasteiger partial charge is 0.468 e. The highest BCUT2D eigenvalue weighted by Crippen LogP contribution is 2.46. The van der Waals surface area contributed by atoms with Crippen LogP contribution in [0.4, 0.5) is 0 Å². The Labute approximate surface area is 142 Å². The maximum absolute atomic E-state index is 6.11. The number of hydrogen-bond acceptors (Lipinski definition) is 3. The van der Waals surface area contributed by atoms with E-state index in [4.69, 9.17) is 9.15 Å². The molecule has 1 aliphatic heterocycles. The molecule has 0 saturated carbocycles. The molecule has 0 spiro atoms. The standard InChI is InChI=1S/C20H35NO2/c1-5-19(4)16-20(11-14-23-19,9-8-17(2)3)10-12-21-15-18-7-6-13-22-18/h6-7,13,17,21H,5,8-12,14-16H2,1-4H3/t19-,20+/m1/s1. The Balaban J connectivity index is 1.90. The first kappa shape index (κ1) is 18.5. The Kier molecular flexibility index (Phi) is 6.72. The van der Waals surface area contributed by atoms with Gasteiger partial charge in [0.25, 0.3) is 0 Å². The van der Waals surface area contributed by atoms with E-state index in [9.17, 15) is 0 Å². The van der Waals surface area contributed by atoms with Crippen LogP contribution in [0, 0.1) is 11.3 Å². The van der Waals surface area contributed by atoms with Crippen LogP contribution in [0.25, 0.3) is 0 Å². The SMILES string of the molecule is CC[C@]1(C)C[C@](CCNCc2ccco2)(CCC(C)C)CCO1. The number of ether oxygens (including phenoxy) is 1. The molecule has 23 heavy (non-hydrogen) atoms. The fourth-order valence-electron chi connectivity index (χ4n) is 3.80. The van der Waals surface area contributed by atoms with Gasteiger partial charge >= 0.3 is 0 Å². The summed E-state index contributed by atoms with van der Waals surface area (Å²) < 4.78 is 11.5. The zero-order valence-corrected chi connectivity index (χ0v) is 15.5. The first-order valence-corrected chi connectivity index (χ1v) is 9.34. The normalized spacial score (nSPS) is 28.4. The third kappa shape index (κ3) is 5.65. The predicted octanol–water partition coefficient (Wildman–Crippen LogP) is 5.16. The molecule has 0 bridgehead atoms. The van der Waals surface area contributed by atoms with Crippen molar-refractivity contribution in [3.63, 3.8) is 0 Å². The van der Waals surface area contributed by atoms with E-state index in [1.54, 1.807) is 6.26 Å². The predicted molar refractivity (Wildman–Crippen MR) is 95.4 cm³/mol. The molecule has 2 heterocycles. The third-order valence-corrected chi connectivity index (χ3v) is 5.54. The second-order valence-electron chi connectivity index (χ2n) is 8.02. The van der Waals surface area contributed by atoms with Gasteiger partial charge in [0.15, 0.2) is 0 Å². The van der Waals surface area contributed by atoms with Gasteiger partial charge in [0.05, 0.1) is 18.4 Å². The van der Waals surface area contributed by atoms with E-state index in [0.29, 0.717) is 5.41 Å². The molecule has 1 fully saturated rings. The van der Waals surface area contributed by atoms with Gasteiger partial charge in [-0.2, -0.15) is 0 Å². The van der Waals surface area contributed by atoms with E-state index in [0.717, 1.165) is 37.8 Å². The highest BCUT2D eigenvalue weighted by Gasteiger charge is 2.41. The maximum atomic E-state index is 6.11. The minimum absolute atomic E-state index is 0.0657. The van der Waals surface area contributed by atoms with Crippen molar-refractivity contribution in [2.75, 3.05) is 13.2 Å². The molecule has 2 rings (SSSR count). The molecule has 1 saturated heterocycles. The van der Waals surface area contributed by atoms with Crippen LogP contribution in [0.15, 0.2) is 22.8 Å². The molecule has 1 aromatic rings. The van der Waals surface area contributed by atoms with E-state index in [1.807, 2.05) is 12.1 Å². The van der Waals surface area contributed by atoms with Gasteiger partial charge < -0.3 is 14.5 Å². The minimum atomic E-state index is 0.0657. The Morgan fingerprint density at radius 2 is 2.13 bits per heavy atom. The summed E-state index contributed by atoms with van der Waals surface area (Å²) in [4.78, 5) is 0. The maximum Gasteiger partial charge on any atom is 0.117 e. The summed E-state index contributed by atoms with van der Waals surface area (Å²) >= 11 is 0. The van der Waals surface area contributed by atoms with Crippen LogP contribution in [-0.2, 0) is 11.3 Å². The smallest absolute Gasteiger partial charge is 0.117 e. The lowest BCUT2D eigenvalue weighted by molar-refractivity contribution is -0.123. The van der Waals surface area contributed by atoms with Crippen molar-refractivity contribution < 1.29 is 9.15 Å². The quantitative estimate of drug-likeness (QED) is 0.638. The molecule has 132 valence electrons. The summed E-state index contributed by atoms with van der Waals surface area (Å²) in [6.07, 6.45) is 9.13. The van der Waals surface area contributed by atoms with E-state index < -0.39 is 0 Å². The van der Waals surface area contributed by atoms with E-state index in [-0.39, 0.29) is 5.60 Å². The molecule has 0 unspecified atom stereocenters. The highest BCUT2D eigenvalue weighted by atomic mass is 16.5. The van der Waals surface area contributed by atoms with Gasteiger partial charge in [-0.1, -0.05) is 27.2 Å². The summed E-state index contributed by atoms with van der Waals surface area (Å²) in [7, 11) is 0. The van der Waals surface area contributed by atoms with Crippen LogP contribution >= 0.6 is 0 Å². The minimum Gasteiger partial charge on any atom is -0.468 e. The van der Waals surface area contributed by atoms with Crippen LogP contribution in [0.5, 0.6) is 0 Å². The van der Waals surface area contributed by atoms with Gasteiger partial charge in [0.2, 0.25) is 0 Å². The lowest BCUT2D eigenvalue weighted by atomic mass is 9.67. The summed E-state index contributed by atoms with van der Waals surface area (Å²) in [5.41, 5.74) is 0.500. The molecule has 3 nitrogen and oxygen atoms in total. The molecule has 0 aromatic carbocycles. The van der Waals surface area contributed by atoms with E-state index in [2.05, 4.69) is 33.0 Å². The summed E-state index contributed by atoms with van der Waals surface area (Å²) in [6, 6.07) is 3.98. The Hall–Kier alpha value is -0.800. The Morgan fingerprint density at radius 3 is 2.78 bits per heavy atom. The second-order valence-corrected chi connectivity index (χ2v) is 8.02. The van der Waals surface area contributed by atoms with Gasteiger partial charge in [-0.3, -0.25) is 0 Å². The zero-order valence-electron chi connectivity index (χ0n) is 15.5. The monoisotopic (exact) mass is 321 g/mol. The van der Waals surface area contributed by atoms with Crippen LogP contribution in [0.2, 0.25) is 0 Å². The van der Waals surface area contributed by atoms with Gasteiger partial charge in [-0.05, 0) is 69.0 Å². The molecule has 1 aromatic heterocycles.